The highest BCUT2D eigenvalue weighted by Crippen LogP contribution is 2.34. The van der Waals surface area contributed by atoms with Crippen LogP contribution in [0.15, 0.2) is 28.1 Å². The van der Waals surface area contributed by atoms with Crippen molar-refractivity contribution in [2.75, 3.05) is 0 Å². The molecule has 1 aromatic heterocycles. The maximum absolute atomic E-state index is 5.87. The van der Waals surface area contributed by atoms with E-state index in [2.05, 4.69) is 33.4 Å². The third-order valence-corrected chi connectivity index (χ3v) is 4.04. The monoisotopic (exact) mass is 255 g/mol. The van der Waals surface area contributed by atoms with Gasteiger partial charge in [0.1, 0.15) is 0 Å². The lowest BCUT2D eigenvalue weighted by molar-refractivity contribution is 0.830. The molecule has 0 spiro atoms. The van der Waals surface area contributed by atoms with Gasteiger partial charge >= 0.3 is 0 Å². The quantitative estimate of drug-likeness (QED) is 0.827. The van der Waals surface area contributed by atoms with E-state index in [4.69, 9.17) is 5.73 Å². The summed E-state index contributed by atoms with van der Waals surface area (Å²) in [6, 6.07) is 6.34. The van der Waals surface area contributed by atoms with Gasteiger partial charge in [-0.05, 0) is 45.2 Å². The number of hydrogen-bond donors (Lipinski definition) is 1. The Morgan fingerprint density at radius 1 is 1.46 bits per heavy atom. The number of halogens is 1. The molecule has 0 unspecified atom stereocenters. The Morgan fingerprint density at radius 2 is 2.23 bits per heavy atom. The zero-order chi connectivity index (χ0) is 9.42. The molecule has 0 amide bonds. The van der Waals surface area contributed by atoms with Crippen molar-refractivity contribution < 1.29 is 0 Å². The van der Waals surface area contributed by atoms with Crippen LogP contribution in [0.25, 0.3) is 10.1 Å². The van der Waals surface area contributed by atoms with Gasteiger partial charge in [-0.3, -0.25) is 0 Å². The number of nitrogens with two attached hydrogens (primary N) is 1. The molecule has 0 fully saturated rings. The largest absolute Gasteiger partial charge is 0.324 e. The molecule has 68 valence electrons. The summed E-state index contributed by atoms with van der Waals surface area (Å²) in [5, 5.41) is 3.41. The van der Waals surface area contributed by atoms with Crippen LogP contribution in [0.4, 0.5) is 0 Å². The summed E-state index contributed by atoms with van der Waals surface area (Å²) in [6.45, 7) is 2.02. The molecule has 0 saturated heterocycles. The molecule has 0 radical (unpaired) electrons. The lowest BCUT2D eigenvalue weighted by Gasteiger charge is -2.02. The van der Waals surface area contributed by atoms with E-state index in [0.29, 0.717) is 0 Å². The maximum atomic E-state index is 5.87. The predicted molar refractivity (Wildman–Crippen MR) is 62.1 cm³/mol. The average molecular weight is 256 g/mol. The van der Waals surface area contributed by atoms with Crippen molar-refractivity contribution in [3.8, 4) is 0 Å². The van der Waals surface area contributed by atoms with Gasteiger partial charge in [-0.1, -0.05) is 12.1 Å². The van der Waals surface area contributed by atoms with Gasteiger partial charge in [0.05, 0.1) is 0 Å². The zero-order valence-corrected chi connectivity index (χ0v) is 9.65. The SMILES string of the molecule is C[C@H](N)c1csc2c(Br)cccc12. The van der Waals surface area contributed by atoms with E-state index in [-0.39, 0.29) is 6.04 Å². The van der Waals surface area contributed by atoms with Gasteiger partial charge in [0.25, 0.3) is 0 Å². The summed E-state index contributed by atoms with van der Waals surface area (Å²) in [6.07, 6.45) is 0. The fraction of sp³-hybridized carbons (Fsp3) is 0.200. The Labute approximate surface area is 89.7 Å². The highest BCUT2D eigenvalue weighted by atomic mass is 79.9. The predicted octanol–water partition coefficient (Wildman–Crippen LogP) is 3.68. The summed E-state index contributed by atoms with van der Waals surface area (Å²) < 4.78 is 2.44. The summed E-state index contributed by atoms with van der Waals surface area (Å²) in [4.78, 5) is 0. The van der Waals surface area contributed by atoms with Crippen LogP contribution < -0.4 is 5.73 Å². The first-order valence-electron chi connectivity index (χ1n) is 4.11. The van der Waals surface area contributed by atoms with Crippen molar-refractivity contribution in [1.29, 1.82) is 0 Å². The first kappa shape index (κ1) is 9.19. The Balaban J connectivity index is 2.75. The molecule has 1 atom stereocenters. The Hall–Kier alpha value is -0.380. The molecule has 1 nitrogen and oxygen atoms in total. The molecule has 0 saturated carbocycles. The molecule has 0 aliphatic rings. The highest BCUT2D eigenvalue weighted by molar-refractivity contribution is 9.10. The highest BCUT2D eigenvalue weighted by Gasteiger charge is 2.08. The lowest BCUT2D eigenvalue weighted by atomic mass is 10.1. The van der Waals surface area contributed by atoms with Crippen LogP contribution >= 0.6 is 27.3 Å². The van der Waals surface area contributed by atoms with E-state index in [1.807, 2.05) is 13.0 Å². The molecule has 1 aromatic carbocycles. The van der Waals surface area contributed by atoms with Crippen molar-refractivity contribution in [3.05, 3.63) is 33.6 Å². The first-order chi connectivity index (χ1) is 6.20. The molecule has 2 aromatic rings. The minimum atomic E-state index is 0.114. The van der Waals surface area contributed by atoms with Crippen LogP contribution in [0.1, 0.15) is 18.5 Å². The van der Waals surface area contributed by atoms with E-state index in [1.54, 1.807) is 11.3 Å². The smallest absolute Gasteiger partial charge is 0.0488 e. The second-order valence-corrected chi connectivity index (χ2v) is 4.83. The maximum Gasteiger partial charge on any atom is 0.0488 e. The van der Waals surface area contributed by atoms with Crippen molar-refractivity contribution in [2.24, 2.45) is 5.73 Å². The third-order valence-electron chi connectivity index (χ3n) is 2.07. The van der Waals surface area contributed by atoms with Gasteiger partial charge in [-0.15, -0.1) is 11.3 Å². The van der Waals surface area contributed by atoms with E-state index < -0.39 is 0 Å². The summed E-state index contributed by atoms with van der Waals surface area (Å²) in [5.41, 5.74) is 7.10. The topological polar surface area (TPSA) is 26.0 Å². The Bertz CT molecular complexity index is 433. The van der Waals surface area contributed by atoms with Gasteiger partial charge in [-0.2, -0.15) is 0 Å². The number of fused-ring (bicyclic) bond motifs is 1. The Kier molecular flexibility index (Phi) is 2.41. The van der Waals surface area contributed by atoms with Gasteiger partial charge in [-0.25, -0.2) is 0 Å². The van der Waals surface area contributed by atoms with Crippen LogP contribution in [0.5, 0.6) is 0 Å². The van der Waals surface area contributed by atoms with Crippen LogP contribution in [0, 0.1) is 0 Å². The normalized spacial score (nSPS) is 13.5. The molecule has 0 bridgehead atoms. The van der Waals surface area contributed by atoms with Crippen molar-refractivity contribution in [3.63, 3.8) is 0 Å². The molecule has 2 N–H and O–H groups in total. The molecule has 3 heteroatoms. The van der Waals surface area contributed by atoms with Crippen molar-refractivity contribution in [1.82, 2.24) is 0 Å². The fourth-order valence-electron chi connectivity index (χ4n) is 1.39. The van der Waals surface area contributed by atoms with E-state index >= 15 is 0 Å². The van der Waals surface area contributed by atoms with E-state index in [0.717, 1.165) is 4.47 Å². The minimum absolute atomic E-state index is 0.114. The third kappa shape index (κ3) is 1.52. The Morgan fingerprint density at radius 3 is 2.92 bits per heavy atom. The second kappa shape index (κ2) is 3.40. The molecular formula is C10H10BrNS. The summed E-state index contributed by atoms with van der Waals surface area (Å²) in [7, 11) is 0. The average Bonchev–Trinajstić information content (AvgIpc) is 2.48. The second-order valence-electron chi connectivity index (χ2n) is 3.10. The van der Waals surface area contributed by atoms with Crippen LogP contribution in [0.3, 0.4) is 0 Å². The molecular weight excluding hydrogens is 246 g/mol. The van der Waals surface area contributed by atoms with Gasteiger partial charge in [0.2, 0.25) is 0 Å². The number of rotatable bonds is 1. The van der Waals surface area contributed by atoms with Crippen molar-refractivity contribution in [2.45, 2.75) is 13.0 Å². The van der Waals surface area contributed by atoms with Gasteiger partial charge in [0, 0.05) is 15.2 Å². The molecule has 1 heterocycles. The lowest BCUT2D eigenvalue weighted by Crippen LogP contribution is -2.03. The van der Waals surface area contributed by atoms with Crippen molar-refractivity contribution >= 4 is 37.4 Å². The fourth-order valence-corrected chi connectivity index (χ4v) is 3.12. The van der Waals surface area contributed by atoms with E-state index in [1.165, 1.54) is 15.6 Å². The van der Waals surface area contributed by atoms with Crippen LogP contribution in [-0.4, -0.2) is 0 Å². The summed E-state index contributed by atoms with van der Waals surface area (Å²) in [5.74, 6) is 0. The van der Waals surface area contributed by atoms with Crippen LogP contribution in [0.2, 0.25) is 0 Å². The molecule has 0 aliphatic heterocycles. The minimum Gasteiger partial charge on any atom is -0.324 e. The van der Waals surface area contributed by atoms with Gasteiger partial charge < -0.3 is 5.73 Å². The van der Waals surface area contributed by atoms with E-state index in [9.17, 15) is 0 Å². The van der Waals surface area contributed by atoms with Crippen LogP contribution in [-0.2, 0) is 0 Å². The molecule has 0 aliphatic carbocycles. The molecule has 13 heavy (non-hydrogen) atoms. The summed E-state index contributed by atoms with van der Waals surface area (Å²) >= 11 is 5.27. The zero-order valence-electron chi connectivity index (χ0n) is 7.25. The standard InChI is InChI=1S/C10H10BrNS/c1-6(12)8-5-13-10-7(8)3-2-4-9(10)11/h2-6H,12H2,1H3/t6-/m0/s1. The number of thiophene rings is 1. The number of benzene rings is 1. The first-order valence-corrected chi connectivity index (χ1v) is 5.78. The molecule has 2 rings (SSSR count). The van der Waals surface area contributed by atoms with Gasteiger partial charge in [0.15, 0.2) is 0 Å². The number of hydrogen-bond acceptors (Lipinski definition) is 2.